The monoisotopic (exact) mass is 309 g/mol. The number of aromatic hydroxyl groups is 2. The molecule has 2 aromatic rings. The number of hydrogen-bond donors (Lipinski definition) is 3. The summed E-state index contributed by atoms with van der Waals surface area (Å²) in [5.74, 6) is -1.87. The minimum atomic E-state index is -0.874. The third-order valence-corrected chi connectivity index (χ3v) is 2.70. The number of pyridine rings is 1. The van der Waals surface area contributed by atoms with Crippen LogP contribution < -0.4 is 5.32 Å². The number of halogens is 1. The Morgan fingerprint density at radius 2 is 2.00 bits per heavy atom. The Morgan fingerprint density at radius 1 is 1.29 bits per heavy atom. The predicted octanol–water partition coefficient (Wildman–Crippen LogP) is 2.31. The first kappa shape index (κ1) is 14.5. The van der Waals surface area contributed by atoms with Crippen molar-refractivity contribution in [1.29, 1.82) is 0 Å². The summed E-state index contributed by atoms with van der Waals surface area (Å²) < 4.78 is 0. The number of nitro groups is 1. The first-order chi connectivity index (χ1) is 9.88. The van der Waals surface area contributed by atoms with E-state index in [0.29, 0.717) is 0 Å². The van der Waals surface area contributed by atoms with Crippen LogP contribution in [0.1, 0.15) is 10.4 Å². The van der Waals surface area contributed by atoms with Gasteiger partial charge in [-0.2, -0.15) is 0 Å². The maximum atomic E-state index is 12.0. The van der Waals surface area contributed by atoms with Crippen LogP contribution in [-0.2, 0) is 0 Å². The highest BCUT2D eigenvalue weighted by molar-refractivity contribution is 6.29. The number of hydrogen-bond acceptors (Lipinski definition) is 6. The van der Waals surface area contributed by atoms with Crippen molar-refractivity contribution in [3.05, 3.63) is 51.2 Å². The number of carbonyl (C=O) groups excluding carboxylic acids is 1. The number of phenolic OH excluding ortho intramolecular Hbond substituents is 2. The fraction of sp³-hybridized carbons (Fsp3) is 0. The number of nitrogens with zero attached hydrogens (tertiary/aromatic N) is 2. The van der Waals surface area contributed by atoms with E-state index >= 15 is 0 Å². The highest BCUT2D eigenvalue weighted by Gasteiger charge is 2.20. The van der Waals surface area contributed by atoms with Crippen LogP contribution in [0.4, 0.5) is 11.5 Å². The van der Waals surface area contributed by atoms with Gasteiger partial charge in [-0.3, -0.25) is 14.9 Å². The van der Waals surface area contributed by atoms with Crippen molar-refractivity contribution in [2.75, 3.05) is 5.32 Å². The number of carbonyl (C=O) groups is 1. The molecule has 0 radical (unpaired) electrons. The van der Waals surface area contributed by atoms with E-state index in [1.807, 2.05) is 0 Å². The third kappa shape index (κ3) is 3.18. The van der Waals surface area contributed by atoms with Gasteiger partial charge in [0.25, 0.3) is 5.91 Å². The van der Waals surface area contributed by atoms with Crippen molar-refractivity contribution in [2.24, 2.45) is 0 Å². The van der Waals surface area contributed by atoms with Gasteiger partial charge in [0.1, 0.15) is 16.7 Å². The molecule has 1 aromatic heterocycles. The van der Waals surface area contributed by atoms with E-state index < -0.39 is 22.3 Å². The largest absolute Gasteiger partial charge is 0.508 e. The molecule has 0 aliphatic rings. The van der Waals surface area contributed by atoms with E-state index in [9.17, 15) is 25.1 Å². The number of anilines is 1. The summed E-state index contributed by atoms with van der Waals surface area (Å²) in [6, 6.07) is 5.62. The average Bonchev–Trinajstić information content (AvgIpc) is 2.41. The number of amides is 1. The summed E-state index contributed by atoms with van der Waals surface area (Å²) in [6.07, 6.45) is 0. The SMILES string of the molecule is O=C(Nc1nc(Cl)ccc1[N+](=O)[O-])c1cc(O)ccc1O. The second-order valence-corrected chi connectivity index (χ2v) is 4.30. The van der Waals surface area contributed by atoms with Gasteiger partial charge < -0.3 is 15.5 Å². The average molecular weight is 310 g/mol. The van der Waals surface area contributed by atoms with E-state index in [1.165, 1.54) is 12.1 Å². The molecule has 108 valence electrons. The highest BCUT2D eigenvalue weighted by Crippen LogP contribution is 2.27. The molecule has 0 atom stereocenters. The Kier molecular flexibility index (Phi) is 3.90. The minimum absolute atomic E-state index is 0.0453. The number of rotatable bonds is 3. The molecule has 0 saturated heterocycles. The Balaban J connectivity index is 2.38. The fourth-order valence-corrected chi connectivity index (χ4v) is 1.70. The van der Waals surface area contributed by atoms with Crippen LogP contribution in [0.2, 0.25) is 5.15 Å². The van der Waals surface area contributed by atoms with E-state index in [1.54, 1.807) is 0 Å². The summed E-state index contributed by atoms with van der Waals surface area (Å²) in [5.41, 5.74) is -0.710. The zero-order valence-corrected chi connectivity index (χ0v) is 11.0. The fourth-order valence-electron chi connectivity index (χ4n) is 1.55. The topological polar surface area (TPSA) is 126 Å². The van der Waals surface area contributed by atoms with Crippen LogP contribution in [0.25, 0.3) is 0 Å². The maximum Gasteiger partial charge on any atom is 0.311 e. The number of nitrogens with one attached hydrogen (secondary N) is 1. The van der Waals surface area contributed by atoms with Crippen LogP contribution in [-0.4, -0.2) is 26.0 Å². The van der Waals surface area contributed by atoms with E-state index in [0.717, 1.165) is 18.2 Å². The van der Waals surface area contributed by atoms with Gasteiger partial charge in [-0.05, 0) is 24.3 Å². The number of phenols is 2. The van der Waals surface area contributed by atoms with Gasteiger partial charge in [-0.1, -0.05) is 11.6 Å². The molecule has 0 saturated carbocycles. The molecule has 21 heavy (non-hydrogen) atoms. The molecular weight excluding hydrogens is 302 g/mol. The molecule has 1 amide bonds. The lowest BCUT2D eigenvalue weighted by Crippen LogP contribution is -2.14. The smallest absolute Gasteiger partial charge is 0.311 e. The molecule has 2 rings (SSSR count). The maximum absolute atomic E-state index is 12.0. The summed E-state index contributed by atoms with van der Waals surface area (Å²) in [7, 11) is 0. The molecule has 0 fully saturated rings. The molecule has 0 bridgehead atoms. The van der Waals surface area contributed by atoms with Gasteiger partial charge in [0.2, 0.25) is 5.82 Å². The first-order valence-corrected chi connectivity index (χ1v) is 5.90. The number of benzene rings is 1. The van der Waals surface area contributed by atoms with Gasteiger partial charge in [-0.25, -0.2) is 4.98 Å². The second kappa shape index (κ2) is 5.63. The minimum Gasteiger partial charge on any atom is -0.508 e. The Hall–Kier alpha value is -2.87. The van der Waals surface area contributed by atoms with Crippen molar-refractivity contribution < 1.29 is 19.9 Å². The molecule has 1 aromatic carbocycles. The van der Waals surface area contributed by atoms with Crippen molar-refractivity contribution in [3.63, 3.8) is 0 Å². The molecule has 0 unspecified atom stereocenters. The van der Waals surface area contributed by atoms with Crippen molar-refractivity contribution in [1.82, 2.24) is 4.98 Å². The van der Waals surface area contributed by atoms with Crippen LogP contribution in [0.3, 0.4) is 0 Å². The second-order valence-electron chi connectivity index (χ2n) is 3.91. The summed E-state index contributed by atoms with van der Waals surface area (Å²) in [6.45, 7) is 0. The zero-order chi connectivity index (χ0) is 15.6. The predicted molar refractivity (Wildman–Crippen MR) is 73.6 cm³/mol. The van der Waals surface area contributed by atoms with Gasteiger partial charge in [0, 0.05) is 6.07 Å². The van der Waals surface area contributed by atoms with Crippen LogP contribution in [0.15, 0.2) is 30.3 Å². The van der Waals surface area contributed by atoms with Gasteiger partial charge in [0.15, 0.2) is 0 Å². The zero-order valence-electron chi connectivity index (χ0n) is 10.3. The van der Waals surface area contributed by atoms with Crippen LogP contribution in [0, 0.1) is 10.1 Å². The van der Waals surface area contributed by atoms with Gasteiger partial charge in [-0.15, -0.1) is 0 Å². The normalized spacial score (nSPS) is 10.1. The van der Waals surface area contributed by atoms with Crippen molar-refractivity contribution in [2.45, 2.75) is 0 Å². The molecule has 1 heterocycles. The lowest BCUT2D eigenvalue weighted by atomic mass is 10.1. The highest BCUT2D eigenvalue weighted by atomic mass is 35.5. The first-order valence-electron chi connectivity index (χ1n) is 5.53. The van der Waals surface area contributed by atoms with E-state index in [4.69, 9.17) is 11.6 Å². The van der Waals surface area contributed by atoms with Crippen molar-refractivity contribution >= 4 is 29.0 Å². The molecule has 8 nitrogen and oxygen atoms in total. The lowest BCUT2D eigenvalue weighted by Gasteiger charge is -2.07. The molecule has 3 N–H and O–H groups in total. The number of aromatic nitrogens is 1. The van der Waals surface area contributed by atoms with E-state index in [2.05, 4.69) is 10.3 Å². The molecule has 0 aliphatic carbocycles. The summed E-state index contributed by atoms with van der Waals surface area (Å²) in [4.78, 5) is 25.8. The molecule has 0 aliphatic heterocycles. The van der Waals surface area contributed by atoms with Gasteiger partial charge in [0.05, 0.1) is 10.5 Å². The van der Waals surface area contributed by atoms with E-state index in [-0.39, 0.29) is 22.3 Å². The molecule has 9 heteroatoms. The van der Waals surface area contributed by atoms with Gasteiger partial charge >= 0.3 is 5.69 Å². The quantitative estimate of drug-likeness (QED) is 0.346. The summed E-state index contributed by atoms with van der Waals surface area (Å²) >= 11 is 5.63. The third-order valence-electron chi connectivity index (χ3n) is 2.49. The Morgan fingerprint density at radius 3 is 2.67 bits per heavy atom. The van der Waals surface area contributed by atoms with Crippen molar-refractivity contribution in [3.8, 4) is 11.5 Å². The standard InChI is InChI=1S/C12H8ClN3O5/c13-10-4-2-8(16(20)21)11(14-10)15-12(19)7-5-6(17)1-3-9(7)18/h1-5,17-18H,(H,14,15,19). The summed E-state index contributed by atoms with van der Waals surface area (Å²) in [5, 5.41) is 31.8. The lowest BCUT2D eigenvalue weighted by molar-refractivity contribution is -0.384. The Labute approximate surface area is 122 Å². The molecule has 0 spiro atoms. The van der Waals surface area contributed by atoms with Crippen LogP contribution >= 0.6 is 11.6 Å². The van der Waals surface area contributed by atoms with Crippen LogP contribution in [0.5, 0.6) is 11.5 Å². The Bertz CT molecular complexity index is 735. The molecular formula is C12H8ClN3O5.